The van der Waals surface area contributed by atoms with Gasteiger partial charge in [-0.1, -0.05) is 18.2 Å². The third kappa shape index (κ3) is 5.32. The third-order valence-corrected chi connectivity index (χ3v) is 5.51. The second-order valence-corrected chi connectivity index (χ2v) is 8.05. The van der Waals surface area contributed by atoms with E-state index in [1.54, 1.807) is 32.0 Å². The molecule has 7 nitrogen and oxygen atoms in total. The number of rotatable bonds is 7. The summed E-state index contributed by atoms with van der Waals surface area (Å²) in [5, 5.41) is 2.56. The lowest BCUT2D eigenvalue weighted by Crippen LogP contribution is -2.35. The lowest BCUT2D eigenvalue weighted by atomic mass is 10.1. The van der Waals surface area contributed by atoms with Gasteiger partial charge < -0.3 is 10.1 Å². The maximum Gasteiger partial charge on any atom is 0.338 e. The highest BCUT2D eigenvalue weighted by molar-refractivity contribution is 7.92. The van der Waals surface area contributed by atoms with Crippen molar-refractivity contribution in [2.24, 2.45) is 0 Å². The summed E-state index contributed by atoms with van der Waals surface area (Å²) in [6.07, 6.45) is -0.987. The maximum atomic E-state index is 12.8. The van der Waals surface area contributed by atoms with Gasteiger partial charge in [0.05, 0.1) is 10.5 Å². The number of esters is 1. The molecule has 0 fully saturated rings. The zero-order valence-corrected chi connectivity index (χ0v) is 17.1. The molecule has 0 aromatic heterocycles. The molecule has 0 bridgehead atoms. The van der Waals surface area contributed by atoms with E-state index in [9.17, 15) is 18.0 Å². The van der Waals surface area contributed by atoms with Crippen LogP contribution in [-0.4, -0.2) is 32.9 Å². The van der Waals surface area contributed by atoms with Gasteiger partial charge in [0, 0.05) is 12.2 Å². The first kappa shape index (κ1) is 21.4. The Balaban J connectivity index is 2.26. The summed E-state index contributed by atoms with van der Waals surface area (Å²) < 4.78 is 33.2. The van der Waals surface area contributed by atoms with E-state index in [2.05, 4.69) is 10.0 Å². The Hall–Kier alpha value is -2.87. The standard InChI is InChI=1S/C20H24N2O5S/c1-5-21-19(23)15(4)27-20(24)16-10-9-14(3)18(12-16)28(25,26)22-17-8-6-7-13(2)11-17/h6-12,15,22H,5H2,1-4H3,(H,21,23)/t15-/m0/s1. The number of anilines is 1. The minimum absolute atomic E-state index is 0.0332. The Morgan fingerprint density at radius 3 is 2.46 bits per heavy atom. The zero-order valence-electron chi connectivity index (χ0n) is 16.3. The molecule has 0 radical (unpaired) electrons. The smallest absolute Gasteiger partial charge is 0.338 e. The van der Waals surface area contributed by atoms with E-state index in [0.29, 0.717) is 17.8 Å². The summed E-state index contributed by atoms with van der Waals surface area (Å²) in [6, 6.07) is 11.2. The van der Waals surface area contributed by atoms with Crippen LogP contribution in [0.25, 0.3) is 0 Å². The number of sulfonamides is 1. The monoisotopic (exact) mass is 404 g/mol. The van der Waals surface area contributed by atoms with Crippen LogP contribution in [0, 0.1) is 13.8 Å². The first-order valence-corrected chi connectivity index (χ1v) is 10.3. The first-order chi connectivity index (χ1) is 13.1. The topological polar surface area (TPSA) is 102 Å². The normalized spacial score (nSPS) is 12.1. The second kappa shape index (κ2) is 8.88. The van der Waals surface area contributed by atoms with E-state index in [1.165, 1.54) is 25.1 Å². The van der Waals surface area contributed by atoms with Crippen molar-refractivity contribution in [2.45, 2.75) is 38.7 Å². The molecule has 0 unspecified atom stereocenters. The molecule has 28 heavy (non-hydrogen) atoms. The van der Waals surface area contributed by atoms with Gasteiger partial charge in [-0.25, -0.2) is 13.2 Å². The van der Waals surface area contributed by atoms with Crippen LogP contribution in [0.1, 0.15) is 35.3 Å². The van der Waals surface area contributed by atoms with Crippen LogP contribution in [0.5, 0.6) is 0 Å². The molecule has 0 aliphatic rings. The van der Waals surface area contributed by atoms with E-state index < -0.39 is 28.0 Å². The van der Waals surface area contributed by atoms with Crippen LogP contribution >= 0.6 is 0 Å². The fraction of sp³-hybridized carbons (Fsp3) is 0.300. The van der Waals surface area contributed by atoms with Crippen molar-refractivity contribution >= 4 is 27.6 Å². The van der Waals surface area contributed by atoms with Crippen LogP contribution in [0.15, 0.2) is 47.4 Å². The van der Waals surface area contributed by atoms with Crippen molar-refractivity contribution in [2.75, 3.05) is 11.3 Å². The minimum Gasteiger partial charge on any atom is -0.449 e. The number of amides is 1. The molecule has 2 rings (SSSR count). The molecular formula is C20H24N2O5S. The highest BCUT2D eigenvalue weighted by Gasteiger charge is 2.22. The van der Waals surface area contributed by atoms with Gasteiger partial charge in [-0.15, -0.1) is 0 Å². The lowest BCUT2D eigenvalue weighted by Gasteiger charge is -2.14. The van der Waals surface area contributed by atoms with Crippen LogP contribution < -0.4 is 10.0 Å². The quantitative estimate of drug-likeness (QED) is 0.691. The molecule has 0 spiro atoms. The van der Waals surface area contributed by atoms with Gasteiger partial charge >= 0.3 is 5.97 Å². The Kier molecular flexibility index (Phi) is 6.80. The minimum atomic E-state index is -3.91. The number of hydrogen-bond donors (Lipinski definition) is 2. The van der Waals surface area contributed by atoms with Gasteiger partial charge in [0.15, 0.2) is 6.10 Å². The summed E-state index contributed by atoms with van der Waals surface area (Å²) in [7, 11) is -3.91. The first-order valence-electron chi connectivity index (χ1n) is 8.83. The summed E-state index contributed by atoms with van der Waals surface area (Å²) in [4.78, 5) is 24.0. The van der Waals surface area contributed by atoms with Gasteiger partial charge in [0.1, 0.15) is 0 Å². The lowest BCUT2D eigenvalue weighted by molar-refractivity contribution is -0.128. The molecule has 0 saturated heterocycles. The van der Waals surface area contributed by atoms with Gasteiger partial charge in [-0.3, -0.25) is 9.52 Å². The fourth-order valence-corrected chi connectivity index (χ4v) is 3.86. The SMILES string of the molecule is CCNC(=O)[C@H](C)OC(=O)c1ccc(C)c(S(=O)(=O)Nc2cccc(C)c2)c1. The van der Waals surface area contributed by atoms with Crippen LogP contribution in [0.4, 0.5) is 5.69 Å². The highest BCUT2D eigenvalue weighted by atomic mass is 32.2. The molecule has 0 saturated carbocycles. The van der Waals surface area contributed by atoms with Gasteiger partial charge in [-0.2, -0.15) is 0 Å². The van der Waals surface area contributed by atoms with E-state index in [4.69, 9.17) is 4.74 Å². The zero-order chi connectivity index (χ0) is 20.9. The van der Waals surface area contributed by atoms with E-state index >= 15 is 0 Å². The summed E-state index contributed by atoms with van der Waals surface area (Å²) in [5.74, 6) is -1.19. The Morgan fingerprint density at radius 2 is 1.82 bits per heavy atom. The summed E-state index contributed by atoms with van der Waals surface area (Å²) in [5.41, 5.74) is 1.87. The maximum absolute atomic E-state index is 12.8. The molecule has 1 atom stereocenters. The average Bonchev–Trinajstić information content (AvgIpc) is 2.61. The summed E-state index contributed by atoms with van der Waals surface area (Å²) in [6.45, 7) is 7.11. The van der Waals surface area contributed by atoms with Gasteiger partial charge in [0.25, 0.3) is 15.9 Å². The van der Waals surface area contributed by atoms with E-state index in [0.717, 1.165) is 5.56 Å². The van der Waals surface area contributed by atoms with Crippen LogP contribution in [0.2, 0.25) is 0 Å². The Labute approximate surface area is 165 Å². The second-order valence-electron chi connectivity index (χ2n) is 6.40. The number of carbonyl (C=O) groups is 2. The fourth-order valence-electron chi connectivity index (χ4n) is 2.54. The predicted octanol–water partition coefficient (Wildman–Crippen LogP) is 2.79. The highest BCUT2D eigenvalue weighted by Crippen LogP contribution is 2.22. The van der Waals surface area contributed by atoms with E-state index in [-0.39, 0.29) is 10.5 Å². The number of aryl methyl sites for hydroxylation is 2. The molecule has 8 heteroatoms. The number of ether oxygens (including phenoxy) is 1. The van der Waals surface area contributed by atoms with Crippen molar-refractivity contribution in [3.8, 4) is 0 Å². The molecule has 1 amide bonds. The molecule has 2 N–H and O–H groups in total. The molecular weight excluding hydrogens is 380 g/mol. The third-order valence-electron chi connectivity index (χ3n) is 3.99. The number of hydrogen-bond acceptors (Lipinski definition) is 5. The molecule has 0 heterocycles. The number of nitrogens with one attached hydrogen (secondary N) is 2. The molecule has 2 aromatic carbocycles. The average molecular weight is 404 g/mol. The van der Waals surface area contributed by atoms with Crippen molar-refractivity contribution in [3.05, 3.63) is 59.2 Å². The predicted molar refractivity (Wildman–Crippen MR) is 107 cm³/mol. The molecule has 0 aliphatic heterocycles. The number of carbonyl (C=O) groups excluding carboxylic acids is 2. The molecule has 0 aliphatic carbocycles. The van der Waals surface area contributed by atoms with Crippen molar-refractivity contribution in [1.29, 1.82) is 0 Å². The van der Waals surface area contributed by atoms with Gasteiger partial charge in [-0.05, 0) is 63.1 Å². The van der Waals surface area contributed by atoms with Gasteiger partial charge in [0.2, 0.25) is 0 Å². The van der Waals surface area contributed by atoms with Crippen LogP contribution in [0.3, 0.4) is 0 Å². The Bertz CT molecular complexity index is 986. The van der Waals surface area contributed by atoms with Crippen LogP contribution in [-0.2, 0) is 19.6 Å². The summed E-state index contributed by atoms with van der Waals surface area (Å²) >= 11 is 0. The molecule has 2 aromatic rings. The van der Waals surface area contributed by atoms with Crippen molar-refractivity contribution < 1.29 is 22.7 Å². The largest absolute Gasteiger partial charge is 0.449 e. The Morgan fingerprint density at radius 1 is 1.11 bits per heavy atom. The van der Waals surface area contributed by atoms with E-state index in [1.807, 2.05) is 13.0 Å². The number of likely N-dealkylation sites (N-methyl/N-ethyl adjacent to an activating group) is 1. The van der Waals surface area contributed by atoms with Crippen molar-refractivity contribution in [1.82, 2.24) is 5.32 Å². The van der Waals surface area contributed by atoms with Crippen molar-refractivity contribution in [3.63, 3.8) is 0 Å². The molecule has 150 valence electrons. The number of benzene rings is 2.